The van der Waals surface area contributed by atoms with Crippen LogP contribution in [0, 0.1) is 5.92 Å². The van der Waals surface area contributed by atoms with E-state index in [0.29, 0.717) is 12.5 Å². The molecule has 1 aliphatic rings. The highest BCUT2D eigenvalue weighted by molar-refractivity contribution is 5.81. The van der Waals surface area contributed by atoms with Crippen LogP contribution >= 0.6 is 0 Å². The molecule has 1 aromatic rings. The summed E-state index contributed by atoms with van der Waals surface area (Å²) < 4.78 is 5.28. The second-order valence-electron chi connectivity index (χ2n) is 6.45. The van der Waals surface area contributed by atoms with Gasteiger partial charge in [-0.2, -0.15) is 0 Å². The number of carbonyl (C=O) groups is 1. The first kappa shape index (κ1) is 16.0. The Morgan fingerprint density at radius 3 is 3.05 bits per heavy atom. The molecule has 1 aliphatic heterocycles. The number of rotatable bonds is 5. The molecule has 0 aromatic carbocycles. The van der Waals surface area contributed by atoms with Crippen LogP contribution in [0.25, 0.3) is 0 Å². The van der Waals surface area contributed by atoms with Gasteiger partial charge in [0.2, 0.25) is 5.91 Å². The lowest BCUT2D eigenvalue weighted by atomic mass is 10.1. The van der Waals surface area contributed by atoms with Crippen molar-refractivity contribution in [2.45, 2.75) is 58.5 Å². The molecule has 1 atom stereocenters. The lowest BCUT2D eigenvalue weighted by Crippen LogP contribution is -2.44. The minimum absolute atomic E-state index is 0.00874. The molecule has 1 amide bonds. The molecular weight excluding hydrogens is 266 g/mol. The molecule has 118 valence electrons. The van der Waals surface area contributed by atoms with Gasteiger partial charge in [0.1, 0.15) is 0 Å². The molecular formula is C16H27N3O2. The van der Waals surface area contributed by atoms with Crippen molar-refractivity contribution in [1.29, 1.82) is 0 Å². The largest absolute Gasteiger partial charge is 0.359 e. The summed E-state index contributed by atoms with van der Waals surface area (Å²) >= 11 is 0. The Morgan fingerprint density at radius 2 is 2.29 bits per heavy atom. The first-order valence-corrected chi connectivity index (χ1v) is 7.98. The van der Waals surface area contributed by atoms with Crippen LogP contribution in [0.15, 0.2) is 10.6 Å². The minimum Gasteiger partial charge on any atom is -0.359 e. The van der Waals surface area contributed by atoms with Crippen LogP contribution in [0.2, 0.25) is 0 Å². The molecule has 1 saturated heterocycles. The summed E-state index contributed by atoms with van der Waals surface area (Å²) in [7, 11) is 2.03. The zero-order chi connectivity index (χ0) is 15.2. The fraction of sp³-hybridized carbons (Fsp3) is 0.750. The van der Waals surface area contributed by atoms with Crippen molar-refractivity contribution in [1.82, 2.24) is 15.4 Å². The van der Waals surface area contributed by atoms with Gasteiger partial charge in [0.25, 0.3) is 0 Å². The van der Waals surface area contributed by atoms with Crippen LogP contribution in [-0.4, -0.2) is 35.6 Å². The van der Waals surface area contributed by atoms with Crippen molar-refractivity contribution < 1.29 is 9.32 Å². The van der Waals surface area contributed by atoms with E-state index < -0.39 is 0 Å². The normalized spacial score (nSPS) is 20.5. The molecule has 2 rings (SSSR count). The Kier molecular flexibility index (Phi) is 5.79. The summed E-state index contributed by atoms with van der Waals surface area (Å²) in [4.78, 5) is 14.5. The van der Waals surface area contributed by atoms with Gasteiger partial charge in [-0.05, 0) is 38.8 Å². The Bertz CT molecular complexity index is 456. The first-order chi connectivity index (χ1) is 10.1. The number of likely N-dealkylation sites (tertiary alicyclic amines) is 1. The predicted molar refractivity (Wildman–Crippen MR) is 81.8 cm³/mol. The van der Waals surface area contributed by atoms with E-state index in [2.05, 4.69) is 29.2 Å². The fourth-order valence-electron chi connectivity index (χ4n) is 2.83. The van der Waals surface area contributed by atoms with Gasteiger partial charge in [0.05, 0.1) is 18.3 Å². The van der Waals surface area contributed by atoms with Crippen molar-refractivity contribution in [3.8, 4) is 0 Å². The van der Waals surface area contributed by atoms with Crippen molar-refractivity contribution in [3.05, 3.63) is 17.5 Å². The maximum absolute atomic E-state index is 12.3. The quantitative estimate of drug-likeness (QED) is 0.905. The smallest absolute Gasteiger partial charge is 0.237 e. The van der Waals surface area contributed by atoms with Crippen molar-refractivity contribution in [2.24, 2.45) is 5.92 Å². The van der Waals surface area contributed by atoms with Gasteiger partial charge in [0, 0.05) is 6.07 Å². The molecule has 5 nitrogen and oxygen atoms in total. The molecule has 0 spiro atoms. The van der Waals surface area contributed by atoms with Crippen LogP contribution in [0.4, 0.5) is 0 Å². The summed E-state index contributed by atoms with van der Waals surface area (Å²) in [6.45, 7) is 5.73. The van der Waals surface area contributed by atoms with Gasteiger partial charge in [-0.25, -0.2) is 0 Å². The molecule has 0 aliphatic carbocycles. The number of nitrogens with one attached hydrogen (secondary N) is 1. The maximum Gasteiger partial charge on any atom is 0.237 e. The van der Waals surface area contributed by atoms with Gasteiger partial charge in [0.15, 0.2) is 5.76 Å². The Labute approximate surface area is 127 Å². The highest BCUT2D eigenvalue weighted by Gasteiger charge is 2.24. The van der Waals surface area contributed by atoms with E-state index in [0.717, 1.165) is 37.3 Å². The third-order valence-corrected chi connectivity index (χ3v) is 3.99. The summed E-state index contributed by atoms with van der Waals surface area (Å²) in [5, 5.41) is 7.02. The highest BCUT2D eigenvalue weighted by Crippen LogP contribution is 2.15. The highest BCUT2D eigenvalue weighted by atomic mass is 16.5. The number of aromatic nitrogens is 1. The van der Waals surface area contributed by atoms with Crippen LogP contribution in [0.3, 0.4) is 0 Å². The van der Waals surface area contributed by atoms with E-state index in [9.17, 15) is 4.79 Å². The standard InChI is InChI=1S/C16H27N3O2/c1-12(2)9-13-10-14(21-18-13)11-17-16(20)15-7-5-4-6-8-19(15)3/h10,12,15H,4-9,11H2,1-3H3,(H,17,20)/t15-/m0/s1. The molecule has 5 heteroatoms. The first-order valence-electron chi connectivity index (χ1n) is 7.98. The summed E-state index contributed by atoms with van der Waals surface area (Å²) in [5.41, 5.74) is 0.959. The molecule has 1 fully saturated rings. The number of carbonyl (C=O) groups excluding carboxylic acids is 1. The van der Waals surface area contributed by atoms with Crippen LogP contribution < -0.4 is 5.32 Å². The van der Waals surface area contributed by atoms with Gasteiger partial charge in [-0.15, -0.1) is 0 Å². The maximum atomic E-state index is 12.3. The van der Waals surface area contributed by atoms with Crippen molar-refractivity contribution in [3.63, 3.8) is 0 Å². The van der Waals surface area contributed by atoms with E-state index in [4.69, 9.17) is 4.52 Å². The minimum atomic E-state index is -0.00874. The third-order valence-electron chi connectivity index (χ3n) is 3.99. The van der Waals surface area contributed by atoms with E-state index in [-0.39, 0.29) is 11.9 Å². The van der Waals surface area contributed by atoms with Crippen molar-refractivity contribution in [2.75, 3.05) is 13.6 Å². The molecule has 0 unspecified atom stereocenters. The second kappa shape index (κ2) is 7.59. The third kappa shape index (κ3) is 4.84. The molecule has 1 aromatic heterocycles. The van der Waals surface area contributed by atoms with Gasteiger partial charge >= 0.3 is 0 Å². The zero-order valence-corrected chi connectivity index (χ0v) is 13.4. The summed E-state index contributed by atoms with van der Waals surface area (Å²) in [6.07, 6.45) is 5.37. The van der Waals surface area contributed by atoms with E-state index in [1.165, 1.54) is 12.8 Å². The summed E-state index contributed by atoms with van der Waals surface area (Å²) in [6, 6.07) is 1.93. The average Bonchev–Trinajstić information content (AvgIpc) is 2.75. The zero-order valence-electron chi connectivity index (χ0n) is 13.4. The fourth-order valence-corrected chi connectivity index (χ4v) is 2.83. The number of amides is 1. The number of nitrogens with zero attached hydrogens (tertiary/aromatic N) is 2. The van der Waals surface area contributed by atoms with Gasteiger partial charge in [-0.1, -0.05) is 31.8 Å². The molecule has 0 bridgehead atoms. The van der Waals surface area contributed by atoms with Gasteiger partial charge in [-0.3, -0.25) is 9.69 Å². The molecule has 1 N–H and O–H groups in total. The topological polar surface area (TPSA) is 58.4 Å². The van der Waals surface area contributed by atoms with Gasteiger partial charge < -0.3 is 9.84 Å². The SMILES string of the molecule is CC(C)Cc1cc(CNC(=O)[C@@H]2CCCCCN2C)on1. The summed E-state index contributed by atoms with van der Waals surface area (Å²) in [5.74, 6) is 1.38. The van der Waals surface area contributed by atoms with Crippen LogP contribution in [0.5, 0.6) is 0 Å². The number of hydrogen-bond acceptors (Lipinski definition) is 4. The second-order valence-corrected chi connectivity index (χ2v) is 6.45. The van der Waals surface area contributed by atoms with E-state index in [1.54, 1.807) is 0 Å². The van der Waals surface area contributed by atoms with Crippen LogP contribution in [0.1, 0.15) is 51.0 Å². The van der Waals surface area contributed by atoms with E-state index in [1.807, 2.05) is 13.1 Å². The Morgan fingerprint density at radius 1 is 1.48 bits per heavy atom. The monoisotopic (exact) mass is 293 g/mol. The molecule has 2 heterocycles. The van der Waals surface area contributed by atoms with Crippen LogP contribution in [-0.2, 0) is 17.8 Å². The Balaban J connectivity index is 1.84. The average molecular weight is 293 g/mol. The lowest BCUT2D eigenvalue weighted by molar-refractivity contribution is -0.126. The van der Waals surface area contributed by atoms with Crippen molar-refractivity contribution >= 4 is 5.91 Å². The Hall–Kier alpha value is -1.36. The van der Waals surface area contributed by atoms with E-state index >= 15 is 0 Å². The molecule has 0 saturated carbocycles. The lowest BCUT2D eigenvalue weighted by Gasteiger charge is -2.24. The number of likely N-dealkylation sites (N-methyl/N-ethyl adjacent to an activating group) is 1. The predicted octanol–water partition coefficient (Wildman–Crippen LogP) is 2.36. The molecule has 0 radical (unpaired) electrons. The number of hydrogen-bond donors (Lipinski definition) is 1. The molecule has 21 heavy (non-hydrogen) atoms.